The quantitative estimate of drug-likeness (QED) is 0.160. The molecule has 0 fully saturated rings. The molecule has 5 aromatic rings. The van der Waals surface area contributed by atoms with Crippen LogP contribution in [0.5, 0.6) is 0 Å². The van der Waals surface area contributed by atoms with Crippen LogP contribution in [0, 0.1) is 24.8 Å². The molecule has 0 N–H and O–H groups in total. The van der Waals surface area contributed by atoms with Gasteiger partial charge in [-0.2, -0.15) is 5.26 Å². The highest BCUT2D eigenvalue weighted by Crippen LogP contribution is 2.34. The highest BCUT2D eigenvalue weighted by molar-refractivity contribution is 5.83. The van der Waals surface area contributed by atoms with Gasteiger partial charge in [0.05, 0.1) is 18.2 Å². The highest BCUT2D eigenvalue weighted by Gasteiger charge is 2.11. The minimum atomic E-state index is 0.513. The average molecular weight is 514 g/mol. The van der Waals surface area contributed by atoms with Gasteiger partial charge in [0.1, 0.15) is 0 Å². The summed E-state index contributed by atoms with van der Waals surface area (Å²) >= 11 is 0. The monoisotopic (exact) mass is 513 g/mol. The van der Waals surface area contributed by atoms with Gasteiger partial charge >= 0.3 is 0 Å². The van der Waals surface area contributed by atoms with Crippen LogP contribution in [0.3, 0.4) is 0 Å². The Morgan fingerprint density at radius 3 is 1.65 bits per heavy atom. The standard InChI is InChI=1S/C37H27N3/c1-28-13-15-29(16-14-28)18-22-32-25-33(27-38)31(26-37(32)39-2)21-17-30-19-23-36(24-20-30)40(34-9-5-3-6-10-34)35-11-7-4-8-12-35/h3-26H,1H3/b21-17+,22-18+. The van der Waals surface area contributed by atoms with E-state index in [0.29, 0.717) is 11.3 Å². The van der Waals surface area contributed by atoms with Gasteiger partial charge in [0.25, 0.3) is 0 Å². The van der Waals surface area contributed by atoms with Crippen LogP contribution in [0.4, 0.5) is 22.7 Å². The third-order valence-electron chi connectivity index (χ3n) is 6.61. The fraction of sp³-hybridized carbons (Fsp3) is 0.0270. The lowest BCUT2D eigenvalue weighted by Crippen LogP contribution is -2.09. The van der Waals surface area contributed by atoms with Crippen molar-refractivity contribution in [1.82, 2.24) is 0 Å². The van der Waals surface area contributed by atoms with Crippen molar-refractivity contribution < 1.29 is 0 Å². The molecule has 0 spiro atoms. The third-order valence-corrected chi connectivity index (χ3v) is 6.61. The lowest BCUT2D eigenvalue weighted by Gasteiger charge is -2.25. The molecule has 0 aliphatic rings. The van der Waals surface area contributed by atoms with Crippen LogP contribution in [0.15, 0.2) is 121 Å². The minimum Gasteiger partial charge on any atom is -0.311 e. The second kappa shape index (κ2) is 12.3. The molecular formula is C37H27N3. The van der Waals surface area contributed by atoms with E-state index in [9.17, 15) is 5.26 Å². The zero-order chi connectivity index (χ0) is 27.7. The first kappa shape index (κ1) is 26.0. The van der Waals surface area contributed by atoms with E-state index in [2.05, 4.69) is 83.4 Å². The average Bonchev–Trinajstić information content (AvgIpc) is 3.01. The van der Waals surface area contributed by atoms with Crippen molar-refractivity contribution in [3.63, 3.8) is 0 Å². The normalized spacial score (nSPS) is 10.9. The first-order valence-electron chi connectivity index (χ1n) is 13.0. The van der Waals surface area contributed by atoms with Crippen molar-refractivity contribution in [2.24, 2.45) is 0 Å². The molecule has 0 heterocycles. The fourth-order valence-electron chi connectivity index (χ4n) is 4.47. The SMILES string of the molecule is [C-]#[N+]c1cc(/C=C/c2ccc(N(c3ccccc3)c3ccccc3)cc2)c(C#N)cc1/C=C/c1ccc(C)cc1. The predicted molar refractivity (Wildman–Crippen MR) is 168 cm³/mol. The molecule has 0 aromatic heterocycles. The van der Waals surface area contributed by atoms with Crippen LogP contribution in [0.1, 0.15) is 33.4 Å². The number of hydrogen-bond donors (Lipinski definition) is 0. The Morgan fingerprint density at radius 2 is 1.12 bits per heavy atom. The molecule has 3 heteroatoms. The van der Waals surface area contributed by atoms with Crippen molar-refractivity contribution in [3.8, 4) is 6.07 Å². The van der Waals surface area contributed by atoms with Crippen LogP contribution in [0.2, 0.25) is 0 Å². The number of aryl methyl sites for hydroxylation is 1. The van der Waals surface area contributed by atoms with Gasteiger partial charge in [0.15, 0.2) is 5.69 Å². The maximum Gasteiger partial charge on any atom is 0.194 e. The number of rotatable bonds is 7. The lowest BCUT2D eigenvalue weighted by atomic mass is 10.0. The summed E-state index contributed by atoms with van der Waals surface area (Å²) in [6, 6.07) is 42.9. The van der Waals surface area contributed by atoms with Crippen LogP contribution >= 0.6 is 0 Å². The van der Waals surface area contributed by atoms with Crippen LogP contribution < -0.4 is 4.90 Å². The Balaban J connectivity index is 1.41. The first-order valence-corrected chi connectivity index (χ1v) is 13.0. The zero-order valence-corrected chi connectivity index (χ0v) is 22.2. The van der Waals surface area contributed by atoms with Gasteiger partial charge in [-0.3, -0.25) is 0 Å². The summed E-state index contributed by atoms with van der Waals surface area (Å²) in [5, 5.41) is 9.84. The van der Waals surface area contributed by atoms with Crippen LogP contribution in [-0.2, 0) is 0 Å². The molecule has 0 atom stereocenters. The Kier molecular flexibility index (Phi) is 7.97. The molecule has 0 saturated carbocycles. The van der Waals surface area contributed by atoms with Gasteiger partial charge in [0.2, 0.25) is 0 Å². The second-order valence-electron chi connectivity index (χ2n) is 9.40. The molecule has 0 aliphatic carbocycles. The molecule has 5 rings (SSSR count). The van der Waals surface area contributed by atoms with E-state index in [0.717, 1.165) is 39.3 Å². The molecule has 0 unspecified atom stereocenters. The molecule has 5 aromatic carbocycles. The number of benzene rings is 5. The van der Waals surface area contributed by atoms with Gasteiger partial charge < -0.3 is 4.90 Å². The van der Waals surface area contributed by atoms with E-state index in [1.807, 2.05) is 72.8 Å². The van der Waals surface area contributed by atoms with Gasteiger partial charge in [0, 0.05) is 17.1 Å². The van der Waals surface area contributed by atoms with Crippen LogP contribution in [0.25, 0.3) is 29.1 Å². The molecular weight excluding hydrogens is 486 g/mol. The molecule has 3 nitrogen and oxygen atoms in total. The number of nitrogens with zero attached hydrogens (tertiary/aromatic N) is 3. The smallest absolute Gasteiger partial charge is 0.194 e. The third kappa shape index (κ3) is 6.08. The summed E-state index contributed by atoms with van der Waals surface area (Å²) in [6.45, 7) is 9.75. The summed E-state index contributed by atoms with van der Waals surface area (Å²) < 4.78 is 0. The number of hydrogen-bond acceptors (Lipinski definition) is 2. The predicted octanol–water partition coefficient (Wildman–Crippen LogP) is 10.2. The Labute approximate surface area is 236 Å². The summed E-state index contributed by atoms with van der Waals surface area (Å²) in [7, 11) is 0. The van der Waals surface area contributed by atoms with Crippen molar-refractivity contribution in [2.45, 2.75) is 6.92 Å². The molecule has 190 valence electrons. The van der Waals surface area contributed by atoms with Crippen molar-refractivity contribution in [1.29, 1.82) is 5.26 Å². The van der Waals surface area contributed by atoms with Gasteiger partial charge in [-0.1, -0.05) is 103 Å². The molecule has 0 amide bonds. The van der Waals surface area contributed by atoms with Crippen molar-refractivity contribution >= 4 is 47.1 Å². The molecule has 40 heavy (non-hydrogen) atoms. The summed E-state index contributed by atoms with van der Waals surface area (Å²) in [6.07, 6.45) is 7.75. The summed E-state index contributed by atoms with van der Waals surface area (Å²) in [5.41, 5.74) is 8.95. The number of para-hydroxylation sites is 2. The molecule has 0 radical (unpaired) electrons. The lowest BCUT2D eigenvalue weighted by molar-refractivity contribution is 1.28. The fourth-order valence-corrected chi connectivity index (χ4v) is 4.47. The topological polar surface area (TPSA) is 31.4 Å². The number of anilines is 3. The molecule has 0 aliphatic heterocycles. The van der Waals surface area contributed by atoms with Gasteiger partial charge in [-0.15, -0.1) is 0 Å². The van der Waals surface area contributed by atoms with E-state index in [1.54, 1.807) is 12.1 Å². The second-order valence-corrected chi connectivity index (χ2v) is 9.40. The van der Waals surface area contributed by atoms with E-state index >= 15 is 0 Å². The largest absolute Gasteiger partial charge is 0.311 e. The maximum atomic E-state index is 9.84. The van der Waals surface area contributed by atoms with E-state index in [4.69, 9.17) is 6.57 Å². The highest BCUT2D eigenvalue weighted by atomic mass is 15.1. The van der Waals surface area contributed by atoms with Gasteiger partial charge in [-0.25, -0.2) is 4.85 Å². The van der Waals surface area contributed by atoms with E-state index in [1.165, 1.54) is 5.56 Å². The zero-order valence-electron chi connectivity index (χ0n) is 22.2. The Bertz CT molecular complexity index is 1690. The molecule has 0 saturated heterocycles. The minimum absolute atomic E-state index is 0.513. The van der Waals surface area contributed by atoms with Crippen molar-refractivity contribution in [2.75, 3.05) is 4.90 Å². The molecule has 0 bridgehead atoms. The Hall–Kier alpha value is -5.64. The maximum absolute atomic E-state index is 9.84. The van der Waals surface area contributed by atoms with Gasteiger partial charge in [-0.05, 0) is 77.7 Å². The summed E-state index contributed by atoms with van der Waals surface area (Å²) in [5.74, 6) is 0. The van der Waals surface area contributed by atoms with E-state index < -0.39 is 0 Å². The van der Waals surface area contributed by atoms with Crippen LogP contribution in [-0.4, -0.2) is 0 Å². The number of nitriles is 1. The van der Waals surface area contributed by atoms with E-state index in [-0.39, 0.29) is 0 Å². The van der Waals surface area contributed by atoms with Crippen molar-refractivity contribution in [3.05, 3.63) is 166 Å². The summed E-state index contributed by atoms with van der Waals surface area (Å²) in [4.78, 5) is 5.94. The first-order chi connectivity index (χ1) is 19.6. The Morgan fingerprint density at radius 1 is 0.625 bits per heavy atom.